The zero-order valence-corrected chi connectivity index (χ0v) is 13.7. The molecule has 1 aliphatic rings. The third-order valence-electron chi connectivity index (χ3n) is 3.64. The predicted molar refractivity (Wildman–Crippen MR) is 84.2 cm³/mol. The molecule has 0 saturated carbocycles. The van der Waals surface area contributed by atoms with Gasteiger partial charge in [0.25, 0.3) is 0 Å². The Kier molecular flexibility index (Phi) is 10.3. The van der Waals surface area contributed by atoms with Crippen LogP contribution in [0.15, 0.2) is 0 Å². The van der Waals surface area contributed by atoms with Crippen LogP contribution in [0.2, 0.25) is 0 Å². The number of hydrogen-bond donors (Lipinski definition) is 1. The minimum Gasteiger partial charge on any atom is -0.380 e. The first-order valence-electron chi connectivity index (χ1n) is 8.34. The minimum absolute atomic E-state index is 0.344. The Morgan fingerprint density at radius 2 is 2.20 bits per heavy atom. The highest BCUT2D eigenvalue weighted by Gasteiger charge is 2.19. The molecule has 1 saturated heterocycles. The normalized spacial score (nSPS) is 20.7. The molecule has 0 aromatic rings. The Balaban J connectivity index is 1.99. The summed E-state index contributed by atoms with van der Waals surface area (Å²) in [5, 5.41) is 3.44. The van der Waals surface area contributed by atoms with Crippen molar-refractivity contribution in [2.24, 2.45) is 5.92 Å². The molecule has 1 fully saturated rings. The standard InChI is InChI=1S/C16H34N2O2/c1-4-7-17-13-16-14-18(9-12-20-16)8-11-19-10-5-6-15(2)3/h15-17H,4-14H2,1-3H3/t16-/m0/s1. The molecule has 4 heteroatoms. The molecule has 1 heterocycles. The maximum absolute atomic E-state index is 5.78. The Bertz CT molecular complexity index is 225. The number of nitrogens with one attached hydrogen (secondary N) is 1. The van der Waals surface area contributed by atoms with Gasteiger partial charge in [-0.2, -0.15) is 0 Å². The molecule has 1 aliphatic heterocycles. The fourth-order valence-corrected chi connectivity index (χ4v) is 2.44. The van der Waals surface area contributed by atoms with Crippen LogP contribution in [-0.4, -0.2) is 63.5 Å². The van der Waals surface area contributed by atoms with E-state index in [-0.39, 0.29) is 0 Å². The topological polar surface area (TPSA) is 33.7 Å². The van der Waals surface area contributed by atoms with Gasteiger partial charge in [0.15, 0.2) is 0 Å². The van der Waals surface area contributed by atoms with E-state index < -0.39 is 0 Å². The van der Waals surface area contributed by atoms with Gasteiger partial charge in [-0.3, -0.25) is 4.90 Å². The Hall–Kier alpha value is -0.160. The second-order valence-electron chi connectivity index (χ2n) is 6.15. The average Bonchev–Trinajstić information content (AvgIpc) is 2.43. The number of morpholine rings is 1. The van der Waals surface area contributed by atoms with Crippen LogP contribution in [0.4, 0.5) is 0 Å². The second-order valence-corrected chi connectivity index (χ2v) is 6.15. The summed E-state index contributed by atoms with van der Waals surface area (Å²) in [4.78, 5) is 2.46. The summed E-state index contributed by atoms with van der Waals surface area (Å²) in [6.45, 7) is 14.5. The maximum atomic E-state index is 5.78. The van der Waals surface area contributed by atoms with Crippen molar-refractivity contribution in [2.75, 3.05) is 52.5 Å². The van der Waals surface area contributed by atoms with E-state index in [9.17, 15) is 0 Å². The largest absolute Gasteiger partial charge is 0.380 e. The lowest BCUT2D eigenvalue weighted by Crippen LogP contribution is -2.47. The van der Waals surface area contributed by atoms with Gasteiger partial charge < -0.3 is 14.8 Å². The highest BCUT2D eigenvalue weighted by molar-refractivity contribution is 4.73. The first kappa shape index (κ1) is 17.9. The van der Waals surface area contributed by atoms with Crippen molar-refractivity contribution in [3.05, 3.63) is 0 Å². The lowest BCUT2D eigenvalue weighted by Gasteiger charge is -2.33. The van der Waals surface area contributed by atoms with Gasteiger partial charge in [-0.15, -0.1) is 0 Å². The van der Waals surface area contributed by atoms with E-state index in [0.29, 0.717) is 6.10 Å². The van der Waals surface area contributed by atoms with Crippen LogP contribution in [0.1, 0.15) is 40.0 Å². The maximum Gasteiger partial charge on any atom is 0.0826 e. The molecule has 0 bridgehead atoms. The molecular weight excluding hydrogens is 252 g/mol. The smallest absolute Gasteiger partial charge is 0.0826 e. The number of ether oxygens (including phenoxy) is 2. The molecular formula is C16H34N2O2. The summed E-state index contributed by atoms with van der Waals surface area (Å²) in [6, 6.07) is 0. The summed E-state index contributed by atoms with van der Waals surface area (Å²) < 4.78 is 11.5. The first-order valence-corrected chi connectivity index (χ1v) is 8.34. The molecule has 4 nitrogen and oxygen atoms in total. The molecule has 0 aromatic heterocycles. The van der Waals surface area contributed by atoms with E-state index in [2.05, 4.69) is 31.0 Å². The van der Waals surface area contributed by atoms with Gasteiger partial charge in [0.1, 0.15) is 0 Å². The monoisotopic (exact) mass is 286 g/mol. The van der Waals surface area contributed by atoms with Crippen LogP contribution in [0, 0.1) is 5.92 Å². The lowest BCUT2D eigenvalue weighted by atomic mass is 10.1. The highest BCUT2D eigenvalue weighted by Crippen LogP contribution is 2.05. The molecule has 0 unspecified atom stereocenters. The van der Waals surface area contributed by atoms with Gasteiger partial charge in [0.2, 0.25) is 0 Å². The summed E-state index contributed by atoms with van der Waals surface area (Å²) in [5.41, 5.74) is 0. The van der Waals surface area contributed by atoms with Crippen molar-refractivity contribution < 1.29 is 9.47 Å². The van der Waals surface area contributed by atoms with Gasteiger partial charge in [0, 0.05) is 32.8 Å². The number of rotatable bonds is 11. The molecule has 0 spiro atoms. The number of hydrogen-bond acceptors (Lipinski definition) is 4. The average molecular weight is 286 g/mol. The van der Waals surface area contributed by atoms with Crippen LogP contribution >= 0.6 is 0 Å². The third kappa shape index (κ3) is 8.90. The summed E-state index contributed by atoms with van der Waals surface area (Å²) in [6.07, 6.45) is 3.98. The lowest BCUT2D eigenvalue weighted by molar-refractivity contribution is -0.0349. The summed E-state index contributed by atoms with van der Waals surface area (Å²) >= 11 is 0. The van der Waals surface area contributed by atoms with Crippen molar-refractivity contribution >= 4 is 0 Å². The Morgan fingerprint density at radius 3 is 2.95 bits per heavy atom. The molecule has 20 heavy (non-hydrogen) atoms. The SMILES string of the molecule is CCCNC[C@H]1CN(CCOCCCC(C)C)CCO1. The van der Waals surface area contributed by atoms with Crippen molar-refractivity contribution in [3.8, 4) is 0 Å². The molecule has 1 rings (SSSR count). The summed E-state index contributed by atoms with van der Waals surface area (Å²) in [7, 11) is 0. The van der Waals surface area contributed by atoms with Gasteiger partial charge in [-0.1, -0.05) is 20.8 Å². The van der Waals surface area contributed by atoms with E-state index in [0.717, 1.165) is 58.5 Å². The van der Waals surface area contributed by atoms with Crippen LogP contribution in [-0.2, 0) is 9.47 Å². The van der Waals surface area contributed by atoms with E-state index in [4.69, 9.17) is 9.47 Å². The fraction of sp³-hybridized carbons (Fsp3) is 1.00. The van der Waals surface area contributed by atoms with Crippen LogP contribution in [0.3, 0.4) is 0 Å². The van der Waals surface area contributed by atoms with Crippen LogP contribution in [0.25, 0.3) is 0 Å². The minimum atomic E-state index is 0.344. The molecule has 0 amide bonds. The quantitative estimate of drug-likeness (QED) is 0.590. The van der Waals surface area contributed by atoms with Crippen molar-refractivity contribution in [1.29, 1.82) is 0 Å². The fourth-order valence-electron chi connectivity index (χ4n) is 2.44. The second kappa shape index (κ2) is 11.5. The Morgan fingerprint density at radius 1 is 1.35 bits per heavy atom. The Labute approximate surface area is 125 Å². The first-order chi connectivity index (χ1) is 9.72. The highest BCUT2D eigenvalue weighted by atomic mass is 16.5. The van der Waals surface area contributed by atoms with E-state index in [1.54, 1.807) is 0 Å². The number of nitrogens with zero attached hydrogens (tertiary/aromatic N) is 1. The van der Waals surface area contributed by atoms with Crippen molar-refractivity contribution in [1.82, 2.24) is 10.2 Å². The molecule has 120 valence electrons. The molecule has 1 N–H and O–H groups in total. The van der Waals surface area contributed by atoms with E-state index in [1.807, 2.05) is 0 Å². The predicted octanol–water partition coefficient (Wildman–Crippen LogP) is 2.14. The van der Waals surface area contributed by atoms with E-state index in [1.165, 1.54) is 19.3 Å². The van der Waals surface area contributed by atoms with Gasteiger partial charge in [0.05, 0.1) is 19.3 Å². The zero-order chi connectivity index (χ0) is 14.6. The third-order valence-corrected chi connectivity index (χ3v) is 3.64. The summed E-state index contributed by atoms with van der Waals surface area (Å²) in [5.74, 6) is 0.786. The zero-order valence-electron chi connectivity index (χ0n) is 13.7. The van der Waals surface area contributed by atoms with Crippen LogP contribution in [0.5, 0.6) is 0 Å². The van der Waals surface area contributed by atoms with Crippen molar-refractivity contribution in [2.45, 2.75) is 46.1 Å². The van der Waals surface area contributed by atoms with Crippen LogP contribution < -0.4 is 5.32 Å². The van der Waals surface area contributed by atoms with Gasteiger partial charge in [-0.25, -0.2) is 0 Å². The molecule has 1 atom stereocenters. The molecule has 0 aromatic carbocycles. The van der Waals surface area contributed by atoms with Gasteiger partial charge >= 0.3 is 0 Å². The van der Waals surface area contributed by atoms with E-state index >= 15 is 0 Å². The van der Waals surface area contributed by atoms with Crippen molar-refractivity contribution in [3.63, 3.8) is 0 Å². The van der Waals surface area contributed by atoms with Gasteiger partial charge in [-0.05, 0) is 31.7 Å². The molecule has 0 aliphatic carbocycles. The molecule has 0 radical (unpaired) electrons.